The third kappa shape index (κ3) is 2.40. The Labute approximate surface area is 75.4 Å². The SMILES string of the molecule is N#C[B]c1ccc(CBr)cc1. The summed E-state index contributed by atoms with van der Waals surface area (Å²) < 4.78 is 0. The molecule has 0 atom stereocenters. The van der Waals surface area contributed by atoms with Gasteiger partial charge in [-0.2, -0.15) is 0 Å². The van der Waals surface area contributed by atoms with Gasteiger partial charge in [-0.25, -0.2) is 5.26 Å². The second-order valence-electron chi connectivity index (χ2n) is 2.15. The van der Waals surface area contributed by atoms with E-state index in [-0.39, 0.29) is 0 Å². The van der Waals surface area contributed by atoms with Crippen molar-refractivity contribution in [2.75, 3.05) is 0 Å². The van der Waals surface area contributed by atoms with Gasteiger partial charge < -0.3 is 0 Å². The first-order valence-electron chi connectivity index (χ1n) is 3.24. The van der Waals surface area contributed by atoms with Crippen LogP contribution in [0.1, 0.15) is 5.56 Å². The normalized spacial score (nSPS) is 8.73. The minimum Gasteiger partial charge on any atom is -0.213 e. The van der Waals surface area contributed by atoms with Crippen LogP contribution in [0.2, 0.25) is 0 Å². The van der Waals surface area contributed by atoms with Gasteiger partial charge in [-0.1, -0.05) is 45.7 Å². The highest BCUT2D eigenvalue weighted by Crippen LogP contribution is 2.01. The predicted octanol–water partition coefficient (Wildman–Crippen LogP) is 1.39. The van der Waals surface area contributed by atoms with E-state index in [1.807, 2.05) is 30.2 Å². The molecule has 0 heterocycles. The van der Waals surface area contributed by atoms with E-state index >= 15 is 0 Å². The van der Waals surface area contributed by atoms with Crippen molar-refractivity contribution in [3.05, 3.63) is 29.8 Å². The molecular formula is C8H6BBrN. The molecule has 0 spiro atoms. The monoisotopic (exact) mass is 206 g/mol. The van der Waals surface area contributed by atoms with Crippen molar-refractivity contribution in [3.63, 3.8) is 0 Å². The topological polar surface area (TPSA) is 23.8 Å². The molecular weight excluding hydrogens is 201 g/mol. The number of nitriles is 1. The maximum absolute atomic E-state index is 8.33. The first-order valence-corrected chi connectivity index (χ1v) is 4.36. The summed E-state index contributed by atoms with van der Waals surface area (Å²) in [6.45, 7) is 0. The number of nitrogens with zero attached hydrogens (tertiary/aromatic N) is 1. The maximum atomic E-state index is 8.33. The molecule has 0 aromatic heterocycles. The van der Waals surface area contributed by atoms with E-state index in [4.69, 9.17) is 5.26 Å². The lowest BCUT2D eigenvalue weighted by molar-refractivity contribution is 1.45. The molecule has 1 aromatic carbocycles. The molecule has 1 rings (SSSR count). The van der Waals surface area contributed by atoms with Crippen molar-refractivity contribution in [2.24, 2.45) is 0 Å². The Hall–Kier alpha value is -0.745. The number of halogens is 1. The lowest BCUT2D eigenvalue weighted by Crippen LogP contribution is -2.11. The van der Waals surface area contributed by atoms with Crippen LogP contribution in [0.25, 0.3) is 0 Å². The zero-order valence-corrected chi connectivity index (χ0v) is 7.51. The predicted molar refractivity (Wildman–Crippen MR) is 50.1 cm³/mol. The van der Waals surface area contributed by atoms with E-state index in [1.54, 1.807) is 0 Å². The van der Waals surface area contributed by atoms with Gasteiger partial charge in [0, 0.05) is 11.3 Å². The van der Waals surface area contributed by atoms with Gasteiger partial charge in [0.15, 0.2) is 0 Å². The Morgan fingerprint density at radius 1 is 1.36 bits per heavy atom. The van der Waals surface area contributed by atoms with E-state index < -0.39 is 0 Å². The quantitative estimate of drug-likeness (QED) is 0.530. The fourth-order valence-electron chi connectivity index (χ4n) is 0.777. The molecule has 0 unspecified atom stereocenters. The van der Waals surface area contributed by atoms with Crippen LogP contribution in [0.4, 0.5) is 0 Å². The smallest absolute Gasteiger partial charge is 0.213 e. The van der Waals surface area contributed by atoms with E-state index in [9.17, 15) is 0 Å². The molecule has 0 aliphatic heterocycles. The van der Waals surface area contributed by atoms with Gasteiger partial charge in [-0.15, -0.1) is 0 Å². The Balaban J connectivity index is 2.76. The van der Waals surface area contributed by atoms with Crippen molar-refractivity contribution in [1.29, 1.82) is 5.26 Å². The molecule has 1 aromatic rings. The number of hydrogen-bond donors (Lipinski definition) is 0. The van der Waals surface area contributed by atoms with Crippen LogP contribution in [0.3, 0.4) is 0 Å². The molecule has 1 radical (unpaired) electrons. The minimum absolute atomic E-state index is 0.861. The summed E-state index contributed by atoms with van der Waals surface area (Å²) in [4.78, 5) is 0. The average molecular weight is 207 g/mol. The Kier molecular flexibility index (Phi) is 3.19. The maximum Gasteiger partial charge on any atom is 0.291 e. The molecule has 0 saturated carbocycles. The van der Waals surface area contributed by atoms with Gasteiger partial charge in [-0.3, -0.25) is 0 Å². The summed E-state index contributed by atoms with van der Waals surface area (Å²) >= 11 is 3.35. The molecule has 0 N–H and O–H groups in total. The molecule has 0 saturated heterocycles. The second kappa shape index (κ2) is 4.20. The van der Waals surface area contributed by atoms with Gasteiger partial charge >= 0.3 is 0 Å². The summed E-state index contributed by atoms with van der Waals surface area (Å²) in [7, 11) is 1.53. The fraction of sp³-hybridized carbons (Fsp3) is 0.125. The molecule has 3 heteroatoms. The number of benzene rings is 1. The van der Waals surface area contributed by atoms with Crippen LogP contribution < -0.4 is 5.46 Å². The van der Waals surface area contributed by atoms with Crippen molar-refractivity contribution in [1.82, 2.24) is 0 Å². The summed E-state index contributed by atoms with van der Waals surface area (Å²) in [5.74, 6) is 1.98. The second-order valence-corrected chi connectivity index (χ2v) is 2.71. The highest BCUT2D eigenvalue weighted by atomic mass is 79.9. The molecule has 1 nitrogen and oxygen atoms in total. The summed E-state index contributed by atoms with van der Waals surface area (Å²) in [6.07, 6.45) is 0. The van der Waals surface area contributed by atoms with Gasteiger partial charge in [0.05, 0.1) is 0 Å². The largest absolute Gasteiger partial charge is 0.291 e. The summed E-state index contributed by atoms with van der Waals surface area (Å²) in [5, 5.41) is 9.19. The fourth-order valence-corrected chi connectivity index (χ4v) is 1.15. The molecule has 0 aliphatic rings. The minimum atomic E-state index is 0.861. The molecule has 0 aliphatic carbocycles. The molecule has 11 heavy (non-hydrogen) atoms. The molecule has 53 valence electrons. The molecule has 0 amide bonds. The van der Waals surface area contributed by atoms with Crippen LogP contribution in [-0.2, 0) is 5.33 Å². The van der Waals surface area contributed by atoms with Crippen LogP contribution >= 0.6 is 15.9 Å². The van der Waals surface area contributed by atoms with E-state index in [2.05, 4.69) is 15.9 Å². The zero-order valence-electron chi connectivity index (χ0n) is 5.92. The summed E-state index contributed by atoms with van der Waals surface area (Å²) in [6, 6.07) is 7.86. The van der Waals surface area contributed by atoms with Crippen LogP contribution in [0.5, 0.6) is 0 Å². The molecule has 0 bridgehead atoms. The zero-order chi connectivity index (χ0) is 8.10. The standard InChI is InChI=1S/C8H6BBrN/c10-5-7-1-3-8(4-2-7)9-6-11/h1-4H,5H2. The Morgan fingerprint density at radius 3 is 2.45 bits per heavy atom. The van der Waals surface area contributed by atoms with E-state index in [0.717, 1.165) is 10.8 Å². The number of alkyl halides is 1. The molecule has 0 fully saturated rings. The van der Waals surface area contributed by atoms with Gasteiger partial charge in [-0.05, 0) is 5.56 Å². The van der Waals surface area contributed by atoms with Gasteiger partial charge in [0.2, 0.25) is 0 Å². The third-order valence-corrected chi connectivity index (χ3v) is 2.01. The third-order valence-electron chi connectivity index (χ3n) is 1.37. The van der Waals surface area contributed by atoms with Crippen molar-refractivity contribution in [3.8, 4) is 5.97 Å². The van der Waals surface area contributed by atoms with Crippen LogP contribution in [-0.4, -0.2) is 7.28 Å². The summed E-state index contributed by atoms with van der Waals surface area (Å²) in [5.41, 5.74) is 2.18. The lowest BCUT2D eigenvalue weighted by Gasteiger charge is -1.95. The average Bonchev–Trinajstić information content (AvgIpc) is 2.07. The van der Waals surface area contributed by atoms with Gasteiger partial charge in [0.25, 0.3) is 7.28 Å². The van der Waals surface area contributed by atoms with Gasteiger partial charge in [0.1, 0.15) is 0 Å². The number of rotatable bonds is 2. The van der Waals surface area contributed by atoms with Crippen molar-refractivity contribution < 1.29 is 0 Å². The number of hydrogen-bond acceptors (Lipinski definition) is 1. The van der Waals surface area contributed by atoms with Crippen LogP contribution in [0, 0.1) is 11.2 Å². The Morgan fingerprint density at radius 2 is 2.00 bits per heavy atom. The van der Waals surface area contributed by atoms with Crippen molar-refractivity contribution >= 4 is 28.7 Å². The van der Waals surface area contributed by atoms with E-state index in [0.29, 0.717) is 0 Å². The van der Waals surface area contributed by atoms with Crippen molar-refractivity contribution in [2.45, 2.75) is 5.33 Å². The lowest BCUT2D eigenvalue weighted by atomic mass is 9.72. The first-order chi connectivity index (χ1) is 5.36. The highest BCUT2D eigenvalue weighted by molar-refractivity contribution is 9.08. The van der Waals surface area contributed by atoms with Crippen LogP contribution in [0.15, 0.2) is 24.3 Å². The first kappa shape index (κ1) is 8.35. The highest BCUT2D eigenvalue weighted by Gasteiger charge is 1.93. The Bertz CT molecular complexity index is 262. The van der Waals surface area contributed by atoms with E-state index in [1.165, 1.54) is 12.8 Å².